The van der Waals surface area contributed by atoms with Crippen molar-refractivity contribution < 1.29 is 4.79 Å². The molecule has 1 saturated heterocycles. The summed E-state index contributed by atoms with van der Waals surface area (Å²) in [6, 6.07) is 0. The maximum Gasteiger partial charge on any atom is 0.136 e. The lowest BCUT2D eigenvalue weighted by molar-refractivity contribution is -0.124. The van der Waals surface area contributed by atoms with E-state index in [-0.39, 0.29) is 0 Å². The summed E-state index contributed by atoms with van der Waals surface area (Å²) in [6.45, 7) is 7.54. The Morgan fingerprint density at radius 3 is 2.85 bits per heavy atom. The van der Waals surface area contributed by atoms with Crippen LogP contribution >= 0.6 is 0 Å². The molecule has 0 spiro atoms. The zero-order valence-electron chi connectivity index (χ0n) is 8.88. The molecule has 1 unspecified atom stereocenters. The van der Waals surface area contributed by atoms with Crippen LogP contribution in [-0.2, 0) is 4.79 Å². The Hall–Kier alpha value is -0.370. The predicted molar refractivity (Wildman–Crippen MR) is 54.8 cm³/mol. The monoisotopic (exact) mass is 183 g/mol. The van der Waals surface area contributed by atoms with Crippen molar-refractivity contribution >= 4 is 5.78 Å². The fourth-order valence-corrected chi connectivity index (χ4v) is 2.13. The molecule has 13 heavy (non-hydrogen) atoms. The number of piperidine rings is 1. The summed E-state index contributed by atoms with van der Waals surface area (Å²) in [7, 11) is 0. The summed E-state index contributed by atoms with van der Waals surface area (Å²) in [6.07, 6.45) is 4.24. The Balaban J connectivity index is 2.37. The van der Waals surface area contributed by atoms with E-state index < -0.39 is 0 Å². The maximum absolute atomic E-state index is 11.5. The molecule has 0 N–H and O–H groups in total. The summed E-state index contributed by atoms with van der Waals surface area (Å²) in [5.41, 5.74) is 0. The van der Waals surface area contributed by atoms with E-state index in [1.54, 1.807) is 0 Å². The van der Waals surface area contributed by atoms with Crippen molar-refractivity contribution in [3.63, 3.8) is 0 Å². The summed E-state index contributed by atoms with van der Waals surface area (Å²) < 4.78 is 0. The molecule has 0 aliphatic carbocycles. The second kappa shape index (κ2) is 5.38. The highest BCUT2D eigenvalue weighted by molar-refractivity contribution is 5.80. The Bertz CT molecular complexity index is 165. The molecule has 0 aromatic rings. The van der Waals surface area contributed by atoms with E-state index in [1.165, 1.54) is 19.4 Å². The van der Waals surface area contributed by atoms with Gasteiger partial charge < -0.3 is 4.90 Å². The minimum Gasteiger partial charge on any atom is -0.303 e. The van der Waals surface area contributed by atoms with Gasteiger partial charge >= 0.3 is 0 Å². The van der Waals surface area contributed by atoms with Crippen molar-refractivity contribution in [2.45, 2.75) is 39.5 Å². The first-order chi connectivity index (χ1) is 6.27. The van der Waals surface area contributed by atoms with E-state index in [2.05, 4.69) is 11.8 Å². The normalized spacial score (nSPS) is 24.6. The van der Waals surface area contributed by atoms with Gasteiger partial charge in [0.25, 0.3) is 0 Å². The Labute approximate surface area is 81.3 Å². The quantitative estimate of drug-likeness (QED) is 0.665. The first-order valence-corrected chi connectivity index (χ1v) is 5.53. The number of likely N-dealkylation sites (tertiary alicyclic amines) is 1. The van der Waals surface area contributed by atoms with Crippen molar-refractivity contribution in [1.82, 2.24) is 4.90 Å². The van der Waals surface area contributed by atoms with Crippen LogP contribution in [0.15, 0.2) is 0 Å². The molecule has 0 amide bonds. The number of rotatable bonds is 4. The zero-order valence-corrected chi connectivity index (χ0v) is 8.88. The predicted octanol–water partition coefficient (Wildman–Crippen LogP) is 2.09. The Kier molecular flexibility index (Phi) is 4.43. The van der Waals surface area contributed by atoms with Gasteiger partial charge in [-0.15, -0.1) is 0 Å². The summed E-state index contributed by atoms with van der Waals surface area (Å²) in [5.74, 6) is 0.797. The SMILES string of the molecule is CCCN1CCCC(C(=O)CC)C1. The van der Waals surface area contributed by atoms with Crippen LogP contribution in [0.25, 0.3) is 0 Å². The number of hydrogen-bond acceptors (Lipinski definition) is 2. The third-order valence-corrected chi connectivity index (χ3v) is 2.85. The third kappa shape index (κ3) is 3.11. The molecule has 76 valence electrons. The smallest absolute Gasteiger partial charge is 0.136 e. The van der Waals surface area contributed by atoms with E-state index >= 15 is 0 Å². The minimum absolute atomic E-state index is 0.338. The standard InChI is InChI=1S/C11H21NO/c1-3-7-12-8-5-6-10(9-12)11(13)4-2/h10H,3-9H2,1-2H3. The van der Waals surface area contributed by atoms with Crippen LogP contribution in [0, 0.1) is 5.92 Å². The Morgan fingerprint density at radius 1 is 1.46 bits per heavy atom. The molecule has 0 aromatic carbocycles. The van der Waals surface area contributed by atoms with Crippen LogP contribution in [0.1, 0.15) is 39.5 Å². The zero-order chi connectivity index (χ0) is 9.68. The molecule has 1 atom stereocenters. The number of Topliss-reactive ketones (excluding diaryl/α,β-unsaturated/α-hetero) is 1. The summed E-state index contributed by atoms with van der Waals surface area (Å²) in [4.78, 5) is 13.9. The highest BCUT2D eigenvalue weighted by Crippen LogP contribution is 2.18. The molecule has 1 aliphatic heterocycles. The highest BCUT2D eigenvalue weighted by atomic mass is 16.1. The molecular weight excluding hydrogens is 162 g/mol. The van der Waals surface area contributed by atoms with Crippen LogP contribution in [-0.4, -0.2) is 30.3 Å². The van der Waals surface area contributed by atoms with E-state index in [0.29, 0.717) is 18.1 Å². The first-order valence-electron chi connectivity index (χ1n) is 5.53. The van der Waals surface area contributed by atoms with Gasteiger partial charge in [-0.1, -0.05) is 13.8 Å². The van der Waals surface area contributed by atoms with Crippen LogP contribution in [0.3, 0.4) is 0 Å². The van der Waals surface area contributed by atoms with Gasteiger partial charge in [0.1, 0.15) is 5.78 Å². The van der Waals surface area contributed by atoms with E-state index in [0.717, 1.165) is 19.5 Å². The third-order valence-electron chi connectivity index (χ3n) is 2.85. The molecule has 1 heterocycles. The Morgan fingerprint density at radius 2 is 2.23 bits per heavy atom. The van der Waals surface area contributed by atoms with E-state index in [4.69, 9.17) is 0 Å². The van der Waals surface area contributed by atoms with Gasteiger partial charge in [-0.3, -0.25) is 4.79 Å². The van der Waals surface area contributed by atoms with E-state index in [1.807, 2.05) is 6.92 Å². The van der Waals surface area contributed by atoms with Crippen molar-refractivity contribution in [2.24, 2.45) is 5.92 Å². The number of ketones is 1. The lowest BCUT2D eigenvalue weighted by Gasteiger charge is -2.31. The van der Waals surface area contributed by atoms with Gasteiger partial charge in [-0.25, -0.2) is 0 Å². The largest absolute Gasteiger partial charge is 0.303 e. The van der Waals surface area contributed by atoms with Crippen LogP contribution in [0.5, 0.6) is 0 Å². The van der Waals surface area contributed by atoms with Gasteiger partial charge in [0.15, 0.2) is 0 Å². The van der Waals surface area contributed by atoms with Crippen LogP contribution < -0.4 is 0 Å². The van der Waals surface area contributed by atoms with Crippen molar-refractivity contribution in [2.75, 3.05) is 19.6 Å². The molecule has 0 bridgehead atoms. The lowest BCUT2D eigenvalue weighted by Crippen LogP contribution is -2.38. The molecule has 1 fully saturated rings. The first kappa shape index (κ1) is 10.7. The molecule has 0 aromatic heterocycles. The van der Waals surface area contributed by atoms with Gasteiger partial charge in [0.05, 0.1) is 0 Å². The van der Waals surface area contributed by atoms with Gasteiger partial charge in [0.2, 0.25) is 0 Å². The van der Waals surface area contributed by atoms with Crippen molar-refractivity contribution in [1.29, 1.82) is 0 Å². The highest BCUT2D eigenvalue weighted by Gasteiger charge is 2.23. The van der Waals surface area contributed by atoms with Gasteiger partial charge in [-0.05, 0) is 32.4 Å². The summed E-state index contributed by atoms with van der Waals surface area (Å²) in [5, 5.41) is 0. The maximum atomic E-state index is 11.5. The molecular formula is C11H21NO. The minimum atomic E-state index is 0.338. The van der Waals surface area contributed by atoms with E-state index in [9.17, 15) is 4.79 Å². The average Bonchev–Trinajstić information content (AvgIpc) is 2.18. The molecule has 0 saturated carbocycles. The molecule has 2 heteroatoms. The van der Waals surface area contributed by atoms with Crippen LogP contribution in [0.2, 0.25) is 0 Å². The molecule has 1 rings (SSSR count). The topological polar surface area (TPSA) is 20.3 Å². The number of nitrogens with zero attached hydrogens (tertiary/aromatic N) is 1. The van der Waals surface area contributed by atoms with Crippen LogP contribution in [0.4, 0.5) is 0 Å². The fourth-order valence-electron chi connectivity index (χ4n) is 2.13. The van der Waals surface area contributed by atoms with Gasteiger partial charge in [-0.2, -0.15) is 0 Å². The second-order valence-electron chi connectivity index (χ2n) is 3.96. The van der Waals surface area contributed by atoms with Crippen molar-refractivity contribution in [3.05, 3.63) is 0 Å². The molecule has 1 aliphatic rings. The number of carbonyl (C=O) groups is 1. The fraction of sp³-hybridized carbons (Fsp3) is 0.909. The number of carbonyl (C=O) groups excluding carboxylic acids is 1. The number of hydrogen-bond donors (Lipinski definition) is 0. The summed E-state index contributed by atoms with van der Waals surface area (Å²) >= 11 is 0. The molecule has 0 radical (unpaired) electrons. The molecule has 2 nitrogen and oxygen atoms in total. The second-order valence-corrected chi connectivity index (χ2v) is 3.96. The van der Waals surface area contributed by atoms with Gasteiger partial charge in [0, 0.05) is 18.9 Å². The lowest BCUT2D eigenvalue weighted by atomic mass is 9.92. The van der Waals surface area contributed by atoms with Crippen molar-refractivity contribution in [3.8, 4) is 0 Å². The average molecular weight is 183 g/mol.